The number of nitrogens with two attached hydrogens (primary N) is 1. The molecular weight excluding hydrogens is 246 g/mol. The highest BCUT2D eigenvalue weighted by atomic mass is 16.7. The molecule has 19 heavy (non-hydrogen) atoms. The zero-order valence-corrected chi connectivity index (χ0v) is 9.92. The molecule has 0 amide bonds. The van der Waals surface area contributed by atoms with Gasteiger partial charge in [-0.3, -0.25) is 0 Å². The van der Waals surface area contributed by atoms with Gasteiger partial charge < -0.3 is 20.3 Å². The van der Waals surface area contributed by atoms with Crippen molar-refractivity contribution in [1.29, 1.82) is 0 Å². The number of carbonyl (C=O) groups is 1. The van der Waals surface area contributed by atoms with Crippen molar-refractivity contribution < 1.29 is 19.4 Å². The van der Waals surface area contributed by atoms with Crippen LogP contribution in [0.5, 0.6) is 11.5 Å². The summed E-state index contributed by atoms with van der Waals surface area (Å²) in [7, 11) is 0. The van der Waals surface area contributed by atoms with Gasteiger partial charge >= 0.3 is 5.97 Å². The second-order valence-electron chi connectivity index (χ2n) is 4.18. The van der Waals surface area contributed by atoms with E-state index >= 15 is 0 Å². The Labute approximate surface area is 109 Å². The summed E-state index contributed by atoms with van der Waals surface area (Å²) >= 11 is 0. The number of rotatable bonds is 2. The van der Waals surface area contributed by atoms with Crippen LogP contribution < -0.4 is 15.2 Å². The fraction of sp³-hybridized carbons (Fsp3) is 0.0714. The summed E-state index contributed by atoms with van der Waals surface area (Å²) in [5.41, 5.74) is 7.81. The normalized spacial score (nSPS) is 12.4. The summed E-state index contributed by atoms with van der Waals surface area (Å²) < 4.78 is 10.5. The number of fused-ring (bicyclic) bond motifs is 1. The van der Waals surface area contributed by atoms with Gasteiger partial charge in [0.25, 0.3) is 0 Å². The minimum Gasteiger partial charge on any atom is -0.478 e. The first kappa shape index (κ1) is 11.4. The summed E-state index contributed by atoms with van der Waals surface area (Å²) in [5.74, 6) is 0.354. The highest BCUT2D eigenvalue weighted by Gasteiger charge is 2.15. The van der Waals surface area contributed by atoms with Crippen LogP contribution in [-0.4, -0.2) is 17.9 Å². The lowest BCUT2D eigenvalue weighted by Crippen LogP contribution is -2.02. The topological polar surface area (TPSA) is 81.8 Å². The van der Waals surface area contributed by atoms with Crippen molar-refractivity contribution in [1.82, 2.24) is 0 Å². The van der Waals surface area contributed by atoms with Crippen LogP contribution >= 0.6 is 0 Å². The summed E-state index contributed by atoms with van der Waals surface area (Å²) in [6, 6.07) is 10.4. The zero-order valence-electron chi connectivity index (χ0n) is 9.92. The van der Waals surface area contributed by atoms with Crippen molar-refractivity contribution in [2.45, 2.75) is 0 Å². The molecule has 96 valence electrons. The average Bonchev–Trinajstić information content (AvgIpc) is 2.85. The summed E-state index contributed by atoms with van der Waals surface area (Å²) in [6.07, 6.45) is 0. The second-order valence-corrected chi connectivity index (χ2v) is 4.18. The molecule has 0 fully saturated rings. The van der Waals surface area contributed by atoms with Gasteiger partial charge in [0.05, 0.1) is 5.56 Å². The molecule has 0 aliphatic carbocycles. The second kappa shape index (κ2) is 4.20. The molecule has 5 heteroatoms. The smallest absolute Gasteiger partial charge is 0.337 e. The number of carboxylic acids is 1. The number of benzene rings is 2. The van der Waals surface area contributed by atoms with E-state index in [4.69, 9.17) is 20.3 Å². The number of hydrogen-bond acceptors (Lipinski definition) is 4. The molecule has 0 unspecified atom stereocenters. The number of ether oxygens (including phenoxy) is 2. The van der Waals surface area contributed by atoms with Crippen molar-refractivity contribution in [3.63, 3.8) is 0 Å². The van der Waals surface area contributed by atoms with Crippen LogP contribution in [0.2, 0.25) is 0 Å². The van der Waals surface area contributed by atoms with Crippen molar-refractivity contribution in [3.8, 4) is 22.6 Å². The van der Waals surface area contributed by atoms with Crippen molar-refractivity contribution in [3.05, 3.63) is 42.0 Å². The number of anilines is 1. The molecule has 5 nitrogen and oxygen atoms in total. The van der Waals surface area contributed by atoms with Gasteiger partial charge in [-0.1, -0.05) is 12.1 Å². The van der Waals surface area contributed by atoms with E-state index in [1.807, 2.05) is 18.2 Å². The van der Waals surface area contributed by atoms with E-state index in [0.29, 0.717) is 11.5 Å². The van der Waals surface area contributed by atoms with Gasteiger partial charge in [0.2, 0.25) is 6.79 Å². The lowest BCUT2D eigenvalue weighted by molar-refractivity contribution is 0.0698. The summed E-state index contributed by atoms with van der Waals surface area (Å²) in [6.45, 7) is 0.221. The Kier molecular flexibility index (Phi) is 2.52. The van der Waals surface area contributed by atoms with Crippen LogP contribution in [0.1, 0.15) is 10.4 Å². The maximum Gasteiger partial charge on any atom is 0.337 e. The van der Waals surface area contributed by atoms with Gasteiger partial charge in [-0.25, -0.2) is 4.79 Å². The first-order chi connectivity index (χ1) is 9.15. The van der Waals surface area contributed by atoms with Crippen molar-refractivity contribution in [2.75, 3.05) is 12.5 Å². The SMILES string of the molecule is Nc1cc(-c2ccc3c(c2)OCO3)ccc1C(=O)O. The average molecular weight is 257 g/mol. The van der Waals surface area contributed by atoms with Crippen molar-refractivity contribution >= 4 is 11.7 Å². The molecule has 1 aliphatic heterocycles. The van der Waals surface area contributed by atoms with E-state index in [1.165, 1.54) is 6.07 Å². The van der Waals surface area contributed by atoms with E-state index < -0.39 is 5.97 Å². The molecule has 1 aliphatic rings. The van der Waals surface area contributed by atoms with Crippen LogP contribution in [0.3, 0.4) is 0 Å². The fourth-order valence-corrected chi connectivity index (χ4v) is 2.01. The van der Waals surface area contributed by atoms with Gasteiger partial charge in [0.15, 0.2) is 11.5 Å². The molecule has 0 radical (unpaired) electrons. The van der Waals surface area contributed by atoms with E-state index in [2.05, 4.69) is 0 Å². The maximum absolute atomic E-state index is 10.9. The quantitative estimate of drug-likeness (QED) is 0.807. The first-order valence-electron chi connectivity index (χ1n) is 5.68. The molecule has 0 saturated carbocycles. The van der Waals surface area contributed by atoms with Crippen LogP contribution in [0.25, 0.3) is 11.1 Å². The van der Waals surface area contributed by atoms with Gasteiger partial charge in [-0.2, -0.15) is 0 Å². The minimum absolute atomic E-state index is 0.101. The predicted molar refractivity (Wildman–Crippen MR) is 69.4 cm³/mol. The highest BCUT2D eigenvalue weighted by Crippen LogP contribution is 2.36. The summed E-state index contributed by atoms with van der Waals surface area (Å²) in [4.78, 5) is 10.9. The molecule has 2 aromatic rings. The Balaban J connectivity index is 2.03. The third kappa shape index (κ3) is 1.95. The fourth-order valence-electron chi connectivity index (χ4n) is 2.01. The minimum atomic E-state index is -1.03. The van der Waals surface area contributed by atoms with E-state index in [9.17, 15) is 4.79 Å². The van der Waals surface area contributed by atoms with E-state index in [0.717, 1.165) is 11.1 Å². The molecule has 2 aromatic carbocycles. The molecule has 1 heterocycles. The number of carboxylic acid groups (broad SMARTS) is 1. The predicted octanol–water partition coefficient (Wildman–Crippen LogP) is 2.36. The molecule has 0 saturated heterocycles. The van der Waals surface area contributed by atoms with Gasteiger partial charge in [0.1, 0.15) is 0 Å². The largest absolute Gasteiger partial charge is 0.478 e. The lowest BCUT2D eigenvalue weighted by Gasteiger charge is -2.06. The van der Waals surface area contributed by atoms with Crippen LogP contribution in [0.4, 0.5) is 5.69 Å². The van der Waals surface area contributed by atoms with Crippen LogP contribution in [0.15, 0.2) is 36.4 Å². The monoisotopic (exact) mass is 257 g/mol. The Hall–Kier alpha value is -2.69. The van der Waals surface area contributed by atoms with Crippen LogP contribution in [-0.2, 0) is 0 Å². The van der Waals surface area contributed by atoms with Gasteiger partial charge in [0, 0.05) is 5.69 Å². The first-order valence-corrected chi connectivity index (χ1v) is 5.68. The maximum atomic E-state index is 10.9. The molecule has 0 atom stereocenters. The standard InChI is InChI=1S/C14H11NO4/c15-11-5-8(1-3-10(11)14(16)17)9-2-4-12-13(6-9)19-7-18-12/h1-6H,7,15H2,(H,16,17). The molecule has 0 bridgehead atoms. The Morgan fingerprint density at radius 1 is 1.05 bits per heavy atom. The van der Waals surface area contributed by atoms with Gasteiger partial charge in [-0.05, 0) is 35.4 Å². The lowest BCUT2D eigenvalue weighted by atomic mass is 10.0. The number of hydrogen-bond donors (Lipinski definition) is 2. The van der Waals surface area contributed by atoms with Crippen molar-refractivity contribution in [2.24, 2.45) is 0 Å². The molecule has 0 aromatic heterocycles. The molecular formula is C14H11NO4. The van der Waals surface area contributed by atoms with Crippen LogP contribution in [0, 0.1) is 0 Å². The number of nitrogen functional groups attached to an aromatic ring is 1. The molecule has 0 spiro atoms. The molecule has 3 rings (SSSR count). The zero-order chi connectivity index (χ0) is 13.4. The van der Waals surface area contributed by atoms with E-state index in [-0.39, 0.29) is 18.0 Å². The third-order valence-corrected chi connectivity index (χ3v) is 2.99. The van der Waals surface area contributed by atoms with Gasteiger partial charge in [-0.15, -0.1) is 0 Å². The Morgan fingerprint density at radius 2 is 1.74 bits per heavy atom. The highest BCUT2D eigenvalue weighted by molar-refractivity contribution is 5.94. The molecule has 3 N–H and O–H groups in total. The Bertz CT molecular complexity index is 666. The third-order valence-electron chi connectivity index (χ3n) is 2.99. The number of aromatic carboxylic acids is 1. The Morgan fingerprint density at radius 3 is 2.47 bits per heavy atom. The van der Waals surface area contributed by atoms with E-state index in [1.54, 1.807) is 12.1 Å². The summed E-state index contributed by atoms with van der Waals surface area (Å²) in [5, 5.41) is 8.94.